The van der Waals surface area contributed by atoms with Crippen molar-refractivity contribution in [2.45, 2.75) is 148 Å². The van der Waals surface area contributed by atoms with Gasteiger partial charge in [0.1, 0.15) is 19.8 Å². The summed E-state index contributed by atoms with van der Waals surface area (Å²) in [6.45, 7) is 3.90. The maximum absolute atomic E-state index is 12.6. The van der Waals surface area contributed by atoms with E-state index in [-0.39, 0.29) is 26.1 Å². The normalized spacial score (nSPS) is 14.9. The smallest absolute Gasteiger partial charge is 0.306 e. The summed E-state index contributed by atoms with van der Waals surface area (Å²) in [5, 5.41) is 10.1. The fraction of sp³-hybridized carbons (Fsp3) is 0.750. The number of unbranched alkanes of at least 4 members (excludes halogenated alkanes) is 11. The van der Waals surface area contributed by atoms with Gasteiger partial charge in [-0.15, -0.1) is 0 Å². The van der Waals surface area contributed by atoms with Crippen LogP contribution in [0.5, 0.6) is 0 Å². The fourth-order valence-corrected chi connectivity index (χ4v) is 5.55. The first-order valence-corrected chi connectivity index (χ1v) is 20.9. The number of carbonyl (C=O) groups excluding carboxylic acids is 2. The van der Waals surface area contributed by atoms with Gasteiger partial charge in [-0.3, -0.25) is 14.2 Å². The molecule has 2 unspecified atom stereocenters. The second kappa shape index (κ2) is 32.6. The van der Waals surface area contributed by atoms with Crippen molar-refractivity contribution in [2.75, 3.05) is 47.5 Å². The van der Waals surface area contributed by atoms with Gasteiger partial charge in [-0.05, 0) is 51.4 Å². The van der Waals surface area contributed by atoms with E-state index in [9.17, 15) is 24.2 Å². The summed E-state index contributed by atoms with van der Waals surface area (Å²) in [6, 6.07) is 0. The topological polar surface area (TPSA) is 131 Å². The summed E-state index contributed by atoms with van der Waals surface area (Å²) in [4.78, 5) is 37.3. The molecule has 0 aliphatic heterocycles. The number of ether oxygens (including phenoxy) is 2. The van der Waals surface area contributed by atoms with Gasteiger partial charge >= 0.3 is 11.9 Å². The van der Waals surface area contributed by atoms with Crippen molar-refractivity contribution in [1.29, 1.82) is 0 Å². The Morgan fingerprint density at radius 2 is 1.37 bits per heavy atom. The Morgan fingerprint density at radius 3 is 2.04 bits per heavy atom. The largest absolute Gasteiger partial charge is 0.756 e. The molecule has 0 saturated heterocycles. The Hall–Kier alpha value is -2.07. The predicted octanol–water partition coefficient (Wildman–Crippen LogP) is 8.69. The Morgan fingerprint density at radius 1 is 0.745 bits per heavy atom. The third-order valence-corrected chi connectivity index (χ3v) is 8.90. The monoisotopic (exact) mass is 741 g/mol. The van der Waals surface area contributed by atoms with Crippen molar-refractivity contribution in [2.24, 2.45) is 0 Å². The van der Waals surface area contributed by atoms with Gasteiger partial charge in [-0.25, -0.2) is 0 Å². The van der Waals surface area contributed by atoms with E-state index in [1.54, 1.807) is 6.08 Å². The first-order valence-electron chi connectivity index (χ1n) is 19.5. The highest BCUT2D eigenvalue weighted by Crippen LogP contribution is 2.38. The van der Waals surface area contributed by atoms with Crippen LogP contribution in [0.1, 0.15) is 136 Å². The lowest BCUT2D eigenvalue weighted by Gasteiger charge is -2.28. The van der Waals surface area contributed by atoms with E-state index in [4.69, 9.17) is 18.5 Å². The molecule has 0 radical (unpaired) electrons. The minimum Gasteiger partial charge on any atom is -0.756 e. The zero-order valence-corrected chi connectivity index (χ0v) is 33.5. The molecular formula is C40H72NO9P. The number of phosphoric ester groups is 1. The van der Waals surface area contributed by atoms with Gasteiger partial charge in [-0.1, -0.05) is 120 Å². The van der Waals surface area contributed by atoms with Crippen LogP contribution in [0.4, 0.5) is 0 Å². The van der Waals surface area contributed by atoms with E-state index in [0.29, 0.717) is 30.3 Å². The quantitative estimate of drug-likeness (QED) is 0.0172. The van der Waals surface area contributed by atoms with Gasteiger partial charge in [-0.2, -0.15) is 0 Å². The maximum Gasteiger partial charge on any atom is 0.306 e. The number of allylic oxidation sites excluding steroid dienone is 7. The number of quaternary nitrogens is 1. The van der Waals surface area contributed by atoms with E-state index < -0.39 is 38.6 Å². The first kappa shape index (κ1) is 48.9. The standard InChI is InChI=1S/C40H72NO9P/c1-6-8-10-12-14-15-16-17-19-23-28-32-40(44)50-38(36-49-51(45,46)48-34-33-41(3,4)5)35-47-39(43)31-27-24-20-22-26-30-37(42)29-25-21-18-13-11-9-7-2/h9,11-12,14,18,21,25,29,37-38,42H,6-8,10,13,15-17,19-20,22-24,26-28,30-36H2,1-5H3/b11-9+,14-12-,21-18+,29-25+/t37?,38-/m1/s1. The van der Waals surface area contributed by atoms with Crippen LogP contribution in [0, 0.1) is 0 Å². The van der Waals surface area contributed by atoms with E-state index in [2.05, 4.69) is 44.2 Å². The molecule has 0 aromatic carbocycles. The molecule has 0 bridgehead atoms. The molecule has 3 atom stereocenters. The van der Waals surface area contributed by atoms with Crippen LogP contribution in [0.15, 0.2) is 48.6 Å². The molecule has 0 fully saturated rings. The van der Waals surface area contributed by atoms with E-state index in [1.807, 2.05) is 33.3 Å². The van der Waals surface area contributed by atoms with Crippen molar-refractivity contribution in [1.82, 2.24) is 0 Å². The van der Waals surface area contributed by atoms with Crippen molar-refractivity contribution >= 4 is 19.8 Å². The minimum atomic E-state index is -4.64. The van der Waals surface area contributed by atoms with Crippen molar-refractivity contribution in [3.05, 3.63) is 48.6 Å². The molecule has 10 nitrogen and oxygen atoms in total. The first-order chi connectivity index (χ1) is 24.4. The lowest BCUT2D eigenvalue weighted by molar-refractivity contribution is -0.870. The molecule has 0 rings (SSSR count). The molecule has 0 heterocycles. The molecular weight excluding hydrogens is 669 g/mol. The summed E-state index contributed by atoms with van der Waals surface area (Å²) in [5.74, 6) is -0.929. The van der Waals surface area contributed by atoms with Gasteiger partial charge in [0.25, 0.3) is 7.82 Å². The number of hydrogen-bond donors (Lipinski definition) is 1. The van der Waals surface area contributed by atoms with E-state index in [0.717, 1.165) is 77.0 Å². The van der Waals surface area contributed by atoms with Crippen molar-refractivity contribution in [3.8, 4) is 0 Å². The molecule has 0 aromatic heterocycles. The zero-order chi connectivity index (χ0) is 38.1. The fourth-order valence-electron chi connectivity index (χ4n) is 4.82. The SMILES string of the molecule is CC/C=C/C/C=C/C=C/C(O)CCCCCCCC(=O)OC[C@H](COP(=O)([O-])OCC[N+](C)(C)C)OC(=O)CCCCCCC/C=C\CCCC. The molecule has 11 heteroatoms. The van der Waals surface area contributed by atoms with E-state index >= 15 is 0 Å². The Labute approximate surface area is 310 Å². The lowest BCUT2D eigenvalue weighted by Crippen LogP contribution is -2.37. The molecule has 0 aliphatic rings. The van der Waals surface area contributed by atoms with E-state index in [1.165, 1.54) is 12.8 Å². The highest BCUT2D eigenvalue weighted by atomic mass is 31.2. The number of aliphatic hydroxyl groups excluding tert-OH is 1. The predicted molar refractivity (Wildman–Crippen MR) is 205 cm³/mol. The summed E-state index contributed by atoms with van der Waals surface area (Å²) >= 11 is 0. The number of aliphatic hydroxyl groups is 1. The number of rotatable bonds is 34. The minimum absolute atomic E-state index is 0.0501. The van der Waals surface area contributed by atoms with Crippen LogP contribution >= 0.6 is 7.82 Å². The molecule has 296 valence electrons. The van der Waals surface area contributed by atoms with Gasteiger partial charge in [0.2, 0.25) is 0 Å². The van der Waals surface area contributed by atoms with Crippen molar-refractivity contribution in [3.63, 3.8) is 0 Å². The summed E-state index contributed by atoms with van der Waals surface area (Å²) in [6.07, 6.45) is 31.6. The van der Waals surface area contributed by atoms with Crippen LogP contribution in [0.25, 0.3) is 0 Å². The van der Waals surface area contributed by atoms with Crippen LogP contribution < -0.4 is 4.89 Å². The Bertz CT molecular complexity index is 1040. The summed E-state index contributed by atoms with van der Waals surface area (Å²) in [7, 11) is 1.10. The number of nitrogens with zero attached hydrogens (tertiary/aromatic N) is 1. The summed E-state index contributed by atoms with van der Waals surface area (Å²) in [5.41, 5.74) is 0. The van der Waals surface area contributed by atoms with Crippen LogP contribution in [-0.2, 0) is 32.7 Å². The van der Waals surface area contributed by atoms with Gasteiger partial charge in [0.05, 0.1) is 33.9 Å². The molecule has 0 amide bonds. The van der Waals surface area contributed by atoms with Crippen LogP contribution in [0.3, 0.4) is 0 Å². The highest BCUT2D eigenvalue weighted by molar-refractivity contribution is 7.45. The Balaban J connectivity index is 4.52. The van der Waals surface area contributed by atoms with Crippen LogP contribution in [-0.4, -0.2) is 81.2 Å². The van der Waals surface area contributed by atoms with Gasteiger partial charge < -0.3 is 33.0 Å². The third-order valence-electron chi connectivity index (χ3n) is 7.94. The molecule has 0 saturated carbocycles. The maximum atomic E-state index is 12.6. The molecule has 0 aliphatic carbocycles. The molecule has 0 aromatic rings. The number of carbonyl (C=O) groups is 2. The lowest BCUT2D eigenvalue weighted by atomic mass is 10.1. The van der Waals surface area contributed by atoms with Crippen LogP contribution in [0.2, 0.25) is 0 Å². The molecule has 51 heavy (non-hydrogen) atoms. The molecule has 0 spiro atoms. The Kier molecular flexibility index (Phi) is 31.2. The summed E-state index contributed by atoms with van der Waals surface area (Å²) < 4.78 is 33.7. The number of hydrogen-bond acceptors (Lipinski definition) is 9. The highest BCUT2D eigenvalue weighted by Gasteiger charge is 2.21. The van der Waals surface area contributed by atoms with Gasteiger partial charge in [0, 0.05) is 12.8 Å². The molecule has 1 N–H and O–H groups in total. The average Bonchev–Trinajstić information content (AvgIpc) is 3.06. The number of esters is 2. The van der Waals surface area contributed by atoms with Crippen molar-refractivity contribution < 1.29 is 47.2 Å². The second-order valence-corrected chi connectivity index (χ2v) is 15.5. The number of phosphoric acid groups is 1. The second-order valence-electron chi connectivity index (χ2n) is 14.1. The average molecular weight is 742 g/mol. The zero-order valence-electron chi connectivity index (χ0n) is 32.6. The third kappa shape index (κ3) is 36.1. The van der Waals surface area contributed by atoms with Gasteiger partial charge in [0.15, 0.2) is 6.10 Å². The number of likely N-dealkylation sites (N-methyl/N-ethyl adjacent to an activating group) is 1.